The Kier molecular flexibility index (Phi) is 9.75. The van der Waals surface area contributed by atoms with E-state index in [9.17, 15) is 48.9 Å². The standard InChI is InChI=1S/C23H31N9O16P2/c1-30-6-32(17-11(30)19(38)29-23(25)27-17)21-15(36)13(34)10(48-21)5-44-50(41,42)46-7-45-49(39,40)43-4-9-12(33)14(35)20(47-9)31-3-2-8-16(31)26-22(24)28-18(8)37/h2-3,6,9-10,12-15,20-21,33-36H,4-5,7H2,1H3,(H7-,24,25,26,27,28,29,37,38,39,40,41,42)/p+1/t9-,10-,12-,13-,14-,15-,20-,21-/m1/s1. The van der Waals surface area contributed by atoms with E-state index in [1.807, 2.05) is 0 Å². The Morgan fingerprint density at radius 2 is 1.46 bits per heavy atom. The summed E-state index contributed by atoms with van der Waals surface area (Å²) < 4.78 is 58.5. The minimum absolute atomic E-state index is 0.00996. The molecule has 0 aliphatic carbocycles. The van der Waals surface area contributed by atoms with Crippen LogP contribution >= 0.6 is 15.6 Å². The van der Waals surface area contributed by atoms with Crippen LogP contribution in [0.25, 0.3) is 22.2 Å². The van der Waals surface area contributed by atoms with Crippen molar-refractivity contribution in [1.82, 2.24) is 29.1 Å². The van der Waals surface area contributed by atoms with E-state index in [-0.39, 0.29) is 34.1 Å². The van der Waals surface area contributed by atoms with Crippen molar-refractivity contribution in [2.45, 2.75) is 49.1 Å². The van der Waals surface area contributed by atoms with Crippen molar-refractivity contribution >= 4 is 49.7 Å². The summed E-state index contributed by atoms with van der Waals surface area (Å²) in [5, 5.41) is 42.2. The van der Waals surface area contributed by atoms with Gasteiger partial charge in [0.1, 0.15) is 36.6 Å². The summed E-state index contributed by atoms with van der Waals surface area (Å²) in [5.41, 5.74) is 10.2. The van der Waals surface area contributed by atoms with E-state index in [0.29, 0.717) is 0 Å². The van der Waals surface area contributed by atoms with E-state index in [2.05, 4.69) is 29.0 Å². The molecule has 6 heterocycles. The number of fused-ring (bicyclic) bond motifs is 2. The predicted octanol–water partition coefficient (Wildman–Crippen LogP) is -4.09. The monoisotopic (exact) mass is 752 g/mol. The quantitative estimate of drug-likeness (QED) is 0.0373. The lowest BCUT2D eigenvalue weighted by atomic mass is 10.1. The van der Waals surface area contributed by atoms with E-state index < -0.39 is 95.9 Å². The molecule has 27 heteroatoms. The third-order valence-corrected chi connectivity index (χ3v) is 9.66. The second-order valence-corrected chi connectivity index (χ2v) is 14.1. The number of ether oxygens (including phenoxy) is 2. The van der Waals surface area contributed by atoms with Crippen molar-refractivity contribution in [3.63, 3.8) is 0 Å². The molecular formula is C23H32N9O16P2+. The number of H-pyrrole nitrogens is 2. The Bertz CT molecular complexity index is 2120. The highest BCUT2D eigenvalue weighted by Gasteiger charge is 2.48. The van der Waals surface area contributed by atoms with Crippen molar-refractivity contribution in [1.29, 1.82) is 0 Å². The van der Waals surface area contributed by atoms with Gasteiger partial charge in [0.05, 0.1) is 25.6 Å². The van der Waals surface area contributed by atoms with Crippen molar-refractivity contribution < 1.29 is 71.5 Å². The van der Waals surface area contributed by atoms with E-state index in [1.54, 1.807) is 0 Å². The summed E-state index contributed by atoms with van der Waals surface area (Å²) in [5.74, 6) is -0.443. The van der Waals surface area contributed by atoms with Crippen LogP contribution < -0.4 is 27.2 Å². The fourth-order valence-electron chi connectivity index (χ4n) is 5.48. The maximum Gasteiger partial charge on any atom is 0.474 e. The van der Waals surface area contributed by atoms with Crippen molar-refractivity contribution in [2.75, 3.05) is 31.5 Å². The molecule has 6 rings (SSSR count). The van der Waals surface area contributed by atoms with Crippen molar-refractivity contribution in [3.8, 4) is 0 Å². The number of aromatic nitrogens is 7. The predicted molar refractivity (Wildman–Crippen MR) is 161 cm³/mol. The van der Waals surface area contributed by atoms with Crippen LogP contribution in [0.3, 0.4) is 0 Å². The molecule has 0 aromatic carbocycles. The zero-order valence-electron chi connectivity index (χ0n) is 25.5. The van der Waals surface area contributed by atoms with Gasteiger partial charge in [-0.3, -0.25) is 42.2 Å². The molecule has 2 aliphatic heterocycles. The molecule has 2 fully saturated rings. The van der Waals surface area contributed by atoms with Crippen molar-refractivity contribution in [3.05, 3.63) is 39.3 Å². The fraction of sp³-hybridized carbons (Fsp3) is 0.522. The second kappa shape index (κ2) is 13.5. The minimum Gasteiger partial charge on any atom is -0.387 e. The van der Waals surface area contributed by atoms with Gasteiger partial charge in [0.2, 0.25) is 17.7 Å². The van der Waals surface area contributed by atoms with Gasteiger partial charge in [0.25, 0.3) is 17.1 Å². The molecule has 2 aliphatic rings. The number of phosphoric ester groups is 2. The van der Waals surface area contributed by atoms with Crippen LogP contribution in [0.1, 0.15) is 12.5 Å². The van der Waals surface area contributed by atoms with Gasteiger partial charge in [-0.2, -0.15) is 4.98 Å². The highest BCUT2D eigenvalue weighted by molar-refractivity contribution is 7.48. The number of aromatic amines is 2. The number of nitrogen functional groups attached to an aromatic ring is 2. The zero-order chi connectivity index (χ0) is 36.3. The summed E-state index contributed by atoms with van der Waals surface area (Å²) >= 11 is 0. The maximum atomic E-state index is 12.4. The molecule has 50 heavy (non-hydrogen) atoms. The fourth-order valence-corrected chi connectivity index (χ4v) is 6.76. The lowest BCUT2D eigenvalue weighted by Gasteiger charge is -2.19. The van der Waals surface area contributed by atoms with E-state index in [0.717, 1.165) is 0 Å². The Morgan fingerprint density at radius 1 is 0.880 bits per heavy atom. The number of nitrogens with zero attached hydrogens (tertiary/aromatic N) is 5. The van der Waals surface area contributed by atoms with Gasteiger partial charge in [-0.25, -0.2) is 13.7 Å². The number of rotatable bonds is 12. The van der Waals surface area contributed by atoms with Crippen LogP contribution in [-0.4, -0.2) is 116 Å². The Hall–Kier alpha value is -3.65. The second-order valence-electron chi connectivity index (χ2n) is 11.2. The Morgan fingerprint density at radius 3 is 2.12 bits per heavy atom. The number of phosphoric acid groups is 2. The number of hydrogen-bond acceptors (Lipinski definition) is 18. The molecule has 4 aromatic heterocycles. The highest BCUT2D eigenvalue weighted by Crippen LogP contribution is 2.49. The van der Waals surface area contributed by atoms with Crippen LogP contribution in [0.15, 0.2) is 28.2 Å². The highest BCUT2D eigenvalue weighted by atomic mass is 31.2. The van der Waals surface area contributed by atoms with Gasteiger partial charge in [-0.1, -0.05) is 4.98 Å². The SMILES string of the molecule is Cn1c[n+]([C@@H]2O[C@H](COP(=O)(O)OCOP(=O)(O)OC[C@H]3O[C@@H](n4ccc5c(=O)[nH]c(N)nc54)[C@H](O)[C@@H]3O)[C@@H](O)[C@H]2O)c2nc(N)[nH]c(=O)c21. The third-order valence-electron chi connectivity index (χ3n) is 7.85. The summed E-state index contributed by atoms with van der Waals surface area (Å²) in [6, 6.07) is 1.37. The maximum absolute atomic E-state index is 12.4. The minimum atomic E-state index is -5.05. The summed E-state index contributed by atoms with van der Waals surface area (Å²) in [4.78, 5) is 57.1. The first-order valence-corrected chi connectivity index (χ1v) is 17.3. The number of nitrogens with two attached hydrogens (primary N) is 2. The van der Waals surface area contributed by atoms with E-state index in [1.165, 1.54) is 39.3 Å². The summed E-state index contributed by atoms with van der Waals surface area (Å²) in [7, 11) is -8.58. The van der Waals surface area contributed by atoms with Crippen LogP contribution in [0.5, 0.6) is 0 Å². The van der Waals surface area contributed by atoms with Gasteiger partial charge >= 0.3 is 21.3 Å². The normalized spacial score (nSPS) is 29.5. The number of aliphatic hydroxyl groups excluding tert-OH is 4. The van der Waals surface area contributed by atoms with Gasteiger partial charge in [0, 0.05) is 6.20 Å². The first-order valence-electron chi connectivity index (χ1n) is 14.4. The van der Waals surface area contributed by atoms with Crippen molar-refractivity contribution in [2.24, 2.45) is 7.05 Å². The topological polar surface area (TPSA) is 368 Å². The number of imidazole rings is 1. The molecule has 0 bridgehead atoms. The molecular weight excluding hydrogens is 720 g/mol. The molecule has 0 amide bonds. The number of nitrogens with one attached hydrogen (secondary N) is 2. The van der Waals surface area contributed by atoms with E-state index >= 15 is 0 Å². The van der Waals surface area contributed by atoms with Gasteiger partial charge < -0.3 is 55.7 Å². The average molecular weight is 753 g/mol. The Balaban J connectivity index is 0.997. The van der Waals surface area contributed by atoms with Crippen LogP contribution in [0, 0.1) is 0 Å². The van der Waals surface area contributed by atoms with Gasteiger partial charge in [-0.05, 0) is 6.07 Å². The molecule has 0 radical (unpaired) electrons. The van der Waals surface area contributed by atoms with Crippen LogP contribution in [0.2, 0.25) is 0 Å². The molecule has 274 valence electrons. The van der Waals surface area contributed by atoms with Crippen LogP contribution in [0.4, 0.5) is 11.9 Å². The largest absolute Gasteiger partial charge is 0.474 e. The first-order chi connectivity index (χ1) is 23.5. The molecule has 0 spiro atoms. The van der Waals surface area contributed by atoms with Gasteiger partial charge in [0.15, 0.2) is 25.0 Å². The summed E-state index contributed by atoms with van der Waals surface area (Å²) in [6.07, 6.45) is -9.30. The number of hydrogen-bond donors (Lipinski definition) is 10. The van der Waals surface area contributed by atoms with E-state index in [4.69, 9.17) is 30.0 Å². The summed E-state index contributed by atoms with van der Waals surface area (Å²) in [6.45, 7) is -2.98. The zero-order valence-corrected chi connectivity index (χ0v) is 27.3. The number of anilines is 2. The molecule has 2 saturated heterocycles. The molecule has 4 aromatic rings. The number of aryl methyl sites for hydroxylation is 1. The molecule has 2 unspecified atom stereocenters. The molecule has 12 N–H and O–H groups in total. The molecule has 0 saturated carbocycles. The first kappa shape index (κ1) is 36.2. The van der Waals surface area contributed by atoms with Crippen LogP contribution in [-0.2, 0) is 43.7 Å². The number of aliphatic hydroxyl groups is 4. The smallest absolute Gasteiger partial charge is 0.387 e. The molecule has 10 atom stereocenters. The molecule has 25 nitrogen and oxygen atoms in total. The van der Waals surface area contributed by atoms with Gasteiger partial charge in [-0.15, -0.1) is 0 Å². The third kappa shape index (κ3) is 6.97. The Labute approximate surface area is 277 Å². The lowest BCUT2D eigenvalue weighted by Crippen LogP contribution is -2.46. The average Bonchev–Trinajstić information content (AvgIpc) is 3.75. The lowest BCUT2D eigenvalue weighted by molar-refractivity contribution is -0.745.